The quantitative estimate of drug-likeness (QED) is 0.699. The fourth-order valence-electron chi connectivity index (χ4n) is 2.18. The van der Waals surface area contributed by atoms with Gasteiger partial charge >= 0.3 is 0 Å². The lowest BCUT2D eigenvalue weighted by Gasteiger charge is -2.28. The maximum absolute atomic E-state index is 8.87. The molecule has 0 saturated heterocycles. The van der Waals surface area contributed by atoms with Gasteiger partial charge in [0.1, 0.15) is 5.75 Å². The molecule has 0 spiro atoms. The number of hydrogen-bond donors (Lipinski definition) is 0. The molecule has 1 aromatic rings. The lowest BCUT2D eigenvalue weighted by Crippen LogP contribution is -2.18. The van der Waals surface area contributed by atoms with E-state index in [1.165, 1.54) is 5.56 Å². The molecule has 0 fully saturated rings. The van der Waals surface area contributed by atoms with Gasteiger partial charge in [-0.05, 0) is 42.0 Å². The maximum atomic E-state index is 8.87. The smallest absolute Gasteiger partial charge is 0.122 e. The van der Waals surface area contributed by atoms with Crippen molar-refractivity contribution in [2.75, 3.05) is 6.61 Å². The average Bonchev–Trinajstić information content (AvgIpc) is 2.27. The van der Waals surface area contributed by atoms with Crippen LogP contribution in [0.5, 0.6) is 5.75 Å². The van der Waals surface area contributed by atoms with Gasteiger partial charge in [-0.25, -0.2) is 0 Å². The van der Waals surface area contributed by atoms with Crippen LogP contribution in [-0.2, 0) is 0 Å². The summed E-state index contributed by atoms with van der Waals surface area (Å²) < 4.78 is 5.59. The van der Waals surface area contributed by atoms with Gasteiger partial charge < -0.3 is 4.74 Å². The summed E-state index contributed by atoms with van der Waals surface area (Å²) >= 11 is 0. The van der Waals surface area contributed by atoms with Gasteiger partial charge in [-0.2, -0.15) is 5.26 Å². The van der Waals surface area contributed by atoms with E-state index in [-0.39, 0.29) is 0 Å². The summed E-state index contributed by atoms with van der Waals surface area (Å²) in [5.41, 5.74) is 1.93. The van der Waals surface area contributed by atoms with E-state index in [0.29, 0.717) is 11.8 Å². The largest absolute Gasteiger partial charge is 0.493 e. The lowest BCUT2D eigenvalue weighted by atomic mass is 9.83. The second-order valence-electron chi connectivity index (χ2n) is 4.35. The summed E-state index contributed by atoms with van der Waals surface area (Å²) in [5, 5.41) is 8.87. The summed E-state index contributed by atoms with van der Waals surface area (Å²) in [6, 6.07) is 7.89. The molecule has 1 aromatic carbocycles. The van der Waals surface area contributed by atoms with Crippen molar-refractivity contribution >= 4 is 0 Å². The van der Waals surface area contributed by atoms with Crippen LogP contribution in [0.25, 0.3) is 0 Å². The Morgan fingerprint density at radius 3 is 2.93 bits per heavy atom. The standard InChI is InChI=1S/C13H15NO/c1-9(2)11-5-6-15-13-4-3-10(8-14)7-12(11)13/h3-4,7,9,11H,5-6H2,1-2H3/t11-/m0/s1. The van der Waals surface area contributed by atoms with Crippen molar-refractivity contribution < 1.29 is 4.74 Å². The Bertz CT molecular complexity index is 403. The van der Waals surface area contributed by atoms with Gasteiger partial charge in [-0.1, -0.05) is 13.8 Å². The predicted molar refractivity (Wildman–Crippen MR) is 58.8 cm³/mol. The molecule has 2 rings (SSSR count). The summed E-state index contributed by atoms with van der Waals surface area (Å²) in [5.74, 6) is 2.09. The molecule has 0 bridgehead atoms. The Labute approximate surface area is 90.5 Å². The highest BCUT2D eigenvalue weighted by Gasteiger charge is 2.24. The molecule has 1 aliphatic heterocycles. The Hall–Kier alpha value is -1.49. The number of nitriles is 1. The molecular formula is C13H15NO. The van der Waals surface area contributed by atoms with Crippen LogP contribution in [-0.4, -0.2) is 6.61 Å². The molecule has 1 atom stereocenters. The van der Waals surface area contributed by atoms with Crippen LogP contribution in [0.1, 0.15) is 37.3 Å². The number of ether oxygens (including phenoxy) is 1. The highest BCUT2D eigenvalue weighted by Crippen LogP contribution is 2.38. The van der Waals surface area contributed by atoms with E-state index in [1.807, 2.05) is 18.2 Å². The Balaban J connectivity index is 2.45. The minimum atomic E-state index is 0.530. The number of rotatable bonds is 1. The first kappa shape index (κ1) is 10.0. The Morgan fingerprint density at radius 1 is 1.47 bits per heavy atom. The molecule has 0 N–H and O–H groups in total. The molecular weight excluding hydrogens is 186 g/mol. The number of fused-ring (bicyclic) bond motifs is 1. The molecule has 2 heteroatoms. The molecule has 0 radical (unpaired) electrons. The first-order valence-corrected chi connectivity index (χ1v) is 5.39. The van der Waals surface area contributed by atoms with Crippen LogP contribution < -0.4 is 4.74 Å². The summed E-state index contributed by atoms with van der Waals surface area (Å²) in [6.45, 7) is 5.24. The van der Waals surface area contributed by atoms with Crippen LogP contribution in [0.4, 0.5) is 0 Å². The highest BCUT2D eigenvalue weighted by atomic mass is 16.5. The van der Waals surface area contributed by atoms with Crippen LogP contribution in [0, 0.1) is 17.2 Å². The van der Waals surface area contributed by atoms with Gasteiger partial charge in [0.15, 0.2) is 0 Å². The minimum absolute atomic E-state index is 0.530. The van der Waals surface area contributed by atoms with Crippen LogP contribution in [0.2, 0.25) is 0 Å². The van der Waals surface area contributed by atoms with Gasteiger partial charge in [0.2, 0.25) is 0 Å². The van der Waals surface area contributed by atoms with Crippen molar-refractivity contribution in [3.8, 4) is 11.8 Å². The van der Waals surface area contributed by atoms with Crippen molar-refractivity contribution in [3.63, 3.8) is 0 Å². The van der Waals surface area contributed by atoms with Gasteiger partial charge in [0, 0.05) is 0 Å². The van der Waals surface area contributed by atoms with E-state index < -0.39 is 0 Å². The van der Waals surface area contributed by atoms with Crippen molar-refractivity contribution in [2.24, 2.45) is 5.92 Å². The molecule has 1 heterocycles. The summed E-state index contributed by atoms with van der Waals surface area (Å²) in [7, 11) is 0. The number of hydrogen-bond acceptors (Lipinski definition) is 2. The molecule has 0 amide bonds. The zero-order chi connectivity index (χ0) is 10.8. The fraction of sp³-hybridized carbons (Fsp3) is 0.462. The van der Waals surface area contributed by atoms with Gasteiger partial charge in [0.25, 0.3) is 0 Å². The van der Waals surface area contributed by atoms with Crippen LogP contribution in [0.3, 0.4) is 0 Å². The zero-order valence-corrected chi connectivity index (χ0v) is 9.16. The van der Waals surface area contributed by atoms with E-state index in [4.69, 9.17) is 10.00 Å². The molecule has 0 saturated carbocycles. The third kappa shape index (κ3) is 1.83. The third-order valence-electron chi connectivity index (χ3n) is 3.03. The molecule has 15 heavy (non-hydrogen) atoms. The number of nitrogens with zero attached hydrogens (tertiary/aromatic N) is 1. The fourth-order valence-corrected chi connectivity index (χ4v) is 2.18. The molecule has 78 valence electrons. The van der Waals surface area contributed by atoms with E-state index >= 15 is 0 Å². The Morgan fingerprint density at radius 2 is 2.27 bits per heavy atom. The van der Waals surface area contributed by atoms with Gasteiger partial charge in [-0.15, -0.1) is 0 Å². The molecule has 1 aliphatic rings. The zero-order valence-electron chi connectivity index (χ0n) is 9.16. The van der Waals surface area contributed by atoms with Crippen molar-refractivity contribution in [3.05, 3.63) is 29.3 Å². The second-order valence-corrected chi connectivity index (χ2v) is 4.35. The van der Waals surface area contributed by atoms with Gasteiger partial charge in [0.05, 0.1) is 18.2 Å². The first-order valence-electron chi connectivity index (χ1n) is 5.39. The molecule has 0 unspecified atom stereocenters. The van der Waals surface area contributed by atoms with E-state index in [2.05, 4.69) is 19.9 Å². The average molecular weight is 201 g/mol. The second kappa shape index (κ2) is 3.94. The van der Waals surface area contributed by atoms with Gasteiger partial charge in [-0.3, -0.25) is 0 Å². The number of benzene rings is 1. The highest BCUT2D eigenvalue weighted by molar-refractivity contribution is 5.45. The summed E-state index contributed by atoms with van der Waals surface area (Å²) in [6.07, 6.45) is 1.06. The maximum Gasteiger partial charge on any atom is 0.122 e. The van der Waals surface area contributed by atoms with E-state index in [1.54, 1.807) is 0 Å². The SMILES string of the molecule is CC(C)[C@@H]1CCOc2ccc(C#N)cc21. The monoisotopic (exact) mass is 201 g/mol. The van der Waals surface area contributed by atoms with E-state index in [9.17, 15) is 0 Å². The molecule has 2 nitrogen and oxygen atoms in total. The van der Waals surface area contributed by atoms with E-state index in [0.717, 1.165) is 24.3 Å². The lowest BCUT2D eigenvalue weighted by molar-refractivity contribution is 0.247. The van der Waals surface area contributed by atoms with Crippen LogP contribution in [0.15, 0.2) is 18.2 Å². The first-order chi connectivity index (χ1) is 7.22. The molecule has 0 aliphatic carbocycles. The predicted octanol–water partition coefficient (Wildman–Crippen LogP) is 3.08. The van der Waals surface area contributed by atoms with Crippen molar-refractivity contribution in [1.82, 2.24) is 0 Å². The minimum Gasteiger partial charge on any atom is -0.493 e. The van der Waals surface area contributed by atoms with Crippen molar-refractivity contribution in [1.29, 1.82) is 5.26 Å². The molecule has 0 aromatic heterocycles. The van der Waals surface area contributed by atoms with Crippen LogP contribution >= 0.6 is 0 Å². The summed E-state index contributed by atoms with van der Waals surface area (Å²) in [4.78, 5) is 0. The normalized spacial score (nSPS) is 19.2. The Kier molecular flexibility index (Phi) is 2.64. The third-order valence-corrected chi connectivity index (χ3v) is 3.03. The topological polar surface area (TPSA) is 33.0 Å². The van der Waals surface area contributed by atoms with Crippen molar-refractivity contribution in [2.45, 2.75) is 26.2 Å².